The molecule has 0 aliphatic carbocycles. The third-order valence-corrected chi connectivity index (χ3v) is 6.05. The summed E-state index contributed by atoms with van der Waals surface area (Å²) < 4.78 is 28.5. The zero-order valence-electron chi connectivity index (χ0n) is 12.2. The number of phosphoric acid groups is 1. The smallest absolute Gasteiger partial charge is 0.286 e. The minimum absolute atomic E-state index is 0.0533. The molecule has 0 fully saturated rings. The Kier molecular flexibility index (Phi) is 10.5. The number of hydrogen-bond acceptors (Lipinski definition) is 4. The lowest BCUT2D eigenvalue weighted by molar-refractivity contribution is 0.0520. The Balaban J connectivity index is 4.95. The van der Waals surface area contributed by atoms with Crippen LogP contribution < -0.4 is 0 Å². The van der Waals surface area contributed by atoms with Gasteiger partial charge in [-0.2, -0.15) is 0 Å². The topological polar surface area (TPSA) is 44.8 Å². The van der Waals surface area contributed by atoms with Crippen LogP contribution in [0.2, 0.25) is 0 Å². The van der Waals surface area contributed by atoms with Crippen molar-refractivity contribution >= 4 is 65.8 Å². The summed E-state index contributed by atoms with van der Waals surface area (Å²) in [5, 5.41) is 0. The molecular weight excluding hydrogens is 404 g/mol. The Morgan fingerprint density at radius 1 is 1.00 bits per heavy atom. The standard InChI is InChI=1S/C11H20Cl5O4P/c1-7(9(13)14)19-21(17,20-8(2)10(15)16)18-6-11(3,4)5-12/h7-10H,5-6H2,1-4H3. The summed E-state index contributed by atoms with van der Waals surface area (Å²) in [6, 6.07) is 0. The first kappa shape index (κ1) is 22.6. The predicted octanol–water partition coefficient (Wildman–Crippen LogP) is 5.79. The highest BCUT2D eigenvalue weighted by molar-refractivity contribution is 7.48. The molecule has 0 bridgehead atoms. The molecule has 0 N–H and O–H groups in total. The van der Waals surface area contributed by atoms with Crippen molar-refractivity contribution in [3.05, 3.63) is 0 Å². The lowest BCUT2D eigenvalue weighted by Crippen LogP contribution is -2.25. The predicted molar refractivity (Wildman–Crippen MR) is 90.1 cm³/mol. The SMILES string of the molecule is CC(OP(=O)(OCC(C)(C)CCl)OC(C)C(Cl)Cl)C(Cl)Cl. The fourth-order valence-corrected chi connectivity index (χ4v) is 3.18. The summed E-state index contributed by atoms with van der Waals surface area (Å²) in [4.78, 5) is -1.80. The van der Waals surface area contributed by atoms with Crippen LogP contribution in [-0.2, 0) is 18.1 Å². The molecule has 2 atom stereocenters. The second-order valence-corrected chi connectivity index (χ2v) is 9.48. The number of alkyl halides is 5. The van der Waals surface area contributed by atoms with Crippen molar-refractivity contribution in [1.29, 1.82) is 0 Å². The molecular formula is C11H20Cl5O4P. The molecule has 4 nitrogen and oxygen atoms in total. The Hall–Kier alpha value is 1.56. The van der Waals surface area contributed by atoms with Crippen LogP contribution in [0.15, 0.2) is 0 Å². The molecule has 0 spiro atoms. The molecule has 0 aromatic carbocycles. The molecule has 0 radical (unpaired) electrons. The van der Waals surface area contributed by atoms with Crippen LogP contribution in [0.4, 0.5) is 0 Å². The molecule has 128 valence electrons. The van der Waals surface area contributed by atoms with Crippen LogP contribution >= 0.6 is 65.8 Å². The zero-order chi connectivity index (χ0) is 16.8. The van der Waals surface area contributed by atoms with E-state index in [-0.39, 0.29) is 6.61 Å². The summed E-state index contributed by atoms with van der Waals surface area (Å²) in [6.07, 6.45) is -1.54. The van der Waals surface area contributed by atoms with Crippen molar-refractivity contribution in [2.24, 2.45) is 5.41 Å². The molecule has 21 heavy (non-hydrogen) atoms. The average Bonchev–Trinajstić information content (AvgIpc) is 2.36. The molecule has 0 aromatic heterocycles. The molecule has 2 unspecified atom stereocenters. The van der Waals surface area contributed by atoms with Crippen molar-refractivity contribution in [3.63, 3.8) is 0 Å². The first-order valence-electron chi connectivity index (χ1n) is 6.16. The van der Waals surface area contributed by atoms with Gasteiger partial charge in [0.2, 0.25) is 0 Å². The second-order valence-electron chi connectivity index (χ2n) is 5.31. The molecule has 10 heteroatoms. The van der Waals surface area contributed by atoms with E-state index in [1.165, 1.54) is 0 Å². The van der Waals surface area contributed by atoms with Gasteiger partial charge in [-0.05, 0) is 13.8 Å². The van der Waals surface area contributed by atoms with Gasteiger partial charge in [0.25, 0.3) is 0 Å². The summed E-state index contributed by atoms with van der Waals surface area (Å²) in [5.74, 6) is 0.305. The van der Waals surface area contributed by atoms with E-state index in [0.29, 0.717) is 5.88 Å². The van der Waals surface area contributed by atoms with E-state index in [0.717, 1.165) is 0 Å². The largest absolute Gasteiger partial charge is 0.475 e. The number of rotatable bonds is 10. The number of halogens is 5. The quantitative estimate of drug-likeness (QED) is 0.329. The van der Waals surface area contributed by atoms with Gasteiger partial charge in [0.15, 0.2) is 0 Å². The van der Waals surface area contributed by atoms with Gasteiger partial charge < -0.3 is 0 Å². The molecule has 0 aromatic rings. The van der Waals surface area contributed by atoms with Crippen molar-refractivity contribution in [3.8, 4) is 0 Å². The number of hydrogen-bond donors (Lipinski definition) is 0. The summed E-state index contributed by atoms with van der Waals surface area (Å²) in [6.45, 7) is 6.82. The fraction of sp³-hybridized carbons (Fsp3) is 1.00. The molecule has 0 heterocycles. The van der Waals surface area contributed by atoms with Crippen LogP contribution in [0.5, 0.6) is 0 Å². The molecule has 0 aliphatic heterocycles. The maximum Gasteiger partial charge on any atom is 0.475 e. The molecule has 0 saturated carbocycles. The molecule has 0 saturated heterocycles. The Labute approximate surface area is 151 Å². The van der Waals surface area contributed by atoms with Gasteiger partial charge in [0.05, 0.1) is 18.8 Å². The van der Waals surface area contributed by atoms with Crippen LogP contribution in [0.1, 0.15) is 27.7 Å². The molecule has 0 amide bonds. The summed E-state index contributed by atoms with van der Waals surface area (Å²) in [7, 11) is -3.95. The van der Waals surface area contributed by atoms with Gasteiger partial charge in [-0.1, -0.05) is 13.8 Å². The normalized spacial score (nSPS) is 18.8. The second kappa shape index (κ2) is 9.76. The van der Waals surface area contributed by atoms with E-state index in [1.807, 2.05) is 13.8 Å². The Morgan fingerprint density at radius 3 is 1.67 bits per heavy atom. The first-order valence-corrected chi connectivity index (χ1v) is 9.90. The minimum atomic E-state index is -3.95. The Morgan fingerprint density at radius 2 is 1.38 bits per heavy atom. The van der Waals surface area contributed by atoms with E-state index in [1.54, 1.807) is 13.8 Å². The van der Waals surface area contributed by atoms with Gasteiger partial charge in [-0.25, -0.2) is 4.57 Å². The Bertz CT molecular complexity index is 334. The monoisotopic (exact) mass is 422 g/mol. The molecule has 0 rings (SSSR count). The van der Waals surface area contributed by atoms with Crippen LogP contribution in [0.25, 0.3) is 0 Å². The van der Waals surface area contributed by atoms with Crippen molar-refractivity contribution in [1.82, 2.24) is 0 Å². The summed E-state index contributed by atoms with van der Waals surface area (Å²) >= 11 is 28.5. The zero-order valence-corrected chi connectivity index (χ0v) is 16.9. The average molecular weight is 425 g/mol. The van der Waals surface area contributed by atoms with Crippen molar-refractivity contribution in [2.45, 2.75) is 49.6 Å². The fourth-order valence-electron chi connectivity index (χ4n) is 0.877. The maximum absolute atomic E-state index is 12.7. The lowest BCUT2D eigenvalue weighted by Gasteiger charge is -2.28. The highest BCUT2D eigenvalue weighted by atomic mass is 35.5. The van der Waals surface area contributed by atoms with Crippen LogP contribution in [-0.4, -0.2) is 34.4 Å². The first-order chi connectivity index (χ1) is 9.42. The van der Waals surface area contributed by atoms with Gasteiger partial charge >= 0.3 is 7.82 Å². The van der Waals surface area contributed by atoms with Gasteiger partial charge in [-0.3, -0.25) is 13.6 Å². The van der Waals surface area contributed by atoms with Gasteiger partial charge in [0, 0.05) is 11.3 Å². The number of phosphoric ester groups is 1. The molecule has 0 aliphatic rings. The third kappa shape index (κ3) is 9.44. The van der Waals surface area contributed by atoms with Crippen LogP contribution in [0, 0.1) is 5.41 Å². The van der Waals surface area contributed by atoms with E-state index < -0.39 is 35.1 Å². The highest BCUT2D eigenvalue weighted by Crippen LogP contribution is 2.54. The maximum atomic E-state index is 12.7. The van der Waals surface area contributed by atoms with Gasteiger partial charge in [0.1, 0.15) is 9.67 Å². The van der Waals surface area contributed by atoms with Crippen molar-refractivity contribution < 1.29 is 18.1 Å². The lowest BCUT2D eigenvalue weighted by atomic mass is 9.99. The highest BCUT2D eigenvalue weighted by Gasteiger charge is 2.36. The van der Waals surface area contributed by atoms with Gasteiger partial charge in [-0.15, -0.1) is 58.0 Å². The van der Waals surface area contributed by atoms with E-state index in [2.05, 4.69) is 0 Å². The van der Waals surface area contributed by atoms with Crippen molar-refractivity contribution in [2.75, 3.05) is 12.5 Å². The summed E-state index contributed by atoms with van der Waals surface area (Å²) in [5.41, 5.74) is -0.418. The van der Waals surface area contributed by atoms with E-state index >= 15 is 0 Å². The van der Waals surface area contributed by atoms with Crippen LogP contribution in [0.3, 0.4) is 0 Å². The minimum Gasteiger partial charge on any atom is -0.286 e. The van der Waals surface area contributed by atoms with E-state index in [4.69, 9.17) is 71.6 Å². The third-order valence-electron chi connectivity index (χ3n) is 2.28. The van der Waals surface area contributed by atoms with E-state index in [9.17, 15) is 4.57 Å².